The molecule has 0 amide bonds. The van der Waals surface area contributed by atoms with Crippen LogP contribution in [0.3, 0.4) is 0 Å². The number of esters is 2. The summed E-state index contributed by atoms with van der Waals surface area (Å²) < 4.78 is 9.34. The maximum atomic E-state index is 10.9. The second-order valence-electron chi connectivity index (χ2n) is 2.60. The molecule has 0 atom stereocenters. The van der Waals surface area contributed by atoms with Gasteiger partial charge in [0.1, 0.15) is 0 Å². The van der Waals surface area contributed by atoms with Crippen molar-refractivity contribution in [3.8, 4) is 0 Å². The first kappa shape index (κ1) is 12.9. The summed E-state index contributed by atoms with van der Waals surface area (Å²) in [4.78, 5) is 21.7. The summed E-state index contributed by atoms with van der Waals surface area (Å²) in [6.07, 6.45) is 0.501. The molecule has 0 aliphatic carbocycles. The quantitative estimate of drug-likeness (QED) is 0.475. The van der Waals surface area contributed by atoms with Gasteiger partial charge < -0.3 is 14.6 Å². The van der Waals surface area contributed by atoms with Crippen LogP contribution in [0.1, 0.15) is 26.2 Å². The maximum Gasteiger partial charge on any atom is 0.306 e. The minimum Gasteiger partial charge on any atom is -0.466 e. The zero-order valence-electron chi connectivity index (χ0n) is 8.32. The van der Waals surface area contributed by atoms with Crippen LogP contribution >= 0.6 is 0 Å². The van der Waals surface area contributed by atoms with Crippen LogP contribution in [0.4, 0.5) is 0 Å². The molecule has 14 heavy (non-hydrogen) atoms. The van der Waals surface area contributed by atoms with E-state index in [-0.39, 0.29) is 26.1 Å². The highest BCUT2D eigenvalue weighted by Crippen LogP contribution is 1.96. The van der Waals surface area contributed by atoms with Crippen LogP contribution < -0.4 is 0 Å². The summed E-state index contributed by atoms with van der Waals surface area (Å²) >= 11 is 0. The molecule has 82 valence electrons. The zero-order chi connectivity index (χ0) is 10.8. The van der Waals surface area contributed by atoms with Crippen LogP contribution in [-0.4, -0.2) is 36.9 Å². The van der Waals surface area contributed by atoms with Gasteiger partial charge in [-0.15, -0.1) is 0 Å². The number of hydrogen-bond acceptors (Lipinski definition) is 5. The van der Waals surface area contributed by atoms with Crippen LogP contribution in [0, 0.1) is 0 Å². The Kier molecular flexibility index (Phi) is 7.83. The molecule has 0 saturated heterocycles. The highest BCUT2D eigenvalue weighted by molar-refractivity contribution is 5.77. The van der Waals surface area contributed by atoms with Gasteiger partial charge in [0.05, 0.1) is 26.1 Å². The van der Waals surface area contributed by atoms with Crippen LogP contribution in [0.5, 0.6) is 0 Å². The number of ether oxygens (including phenoxy) is 2. The first-order valence-corrected chi connectivity index (χ1v) is 4.62. The maximum absolute atomic E-state index is 10.9. The highest BCUT2D eigenvalue weighted by atomic mass is 16.5. The predicted octanol–water partition coefficient (Wildman–Crippen LogP) is 0.255. The van der Waals surface area contributed by atoms with Crippen LogP contribution in [0.15, 0.2) is 0 Å². The summed E-state index contributed by atoms with van der Waals surface area (Å²) in [5, 5.41) is 8.40. The van der Waals surface area contributed by atoms with Crippen molar-refractivity contribution in [2.45, 2.75) is 26.2 Å². The molecular weight excluding hydrogens is 188 g/mol. The minimum absolute atomic E-state index is 0.00877. The van der Waals surface area contributed by atoms with Gasteiger partial charge in [0.2, 0.25) is 0 Å². The third-order valence-corrected chi connectivity index (χ3v) is 1.40. The summed E-state index contributed by atoms with van der Waals surface area (Å²) in [7, 11) is 0. The van der Waals surface area contributed by atoms with Crippen molar-refractivity contribution in [2.75, 3.05) is 19.8 Å². The van der Waals surface area contributed by atoms with Gasteiger partial charge in [-0.2, -0.15) is 0 Å². The normalized spacial score (nSPS) is 9.57. The average Bonchev–Trinajstić information content (AvgIpc) is 2.16. The van der Waals surface area contributed by atoms with Crippen LogP contribution in [0.2, 0.25) is 0 Å². The molecule has 0 saturated carbocycles. The number of rotatable bonds is 7. The molecule has 0 aromatic heterocycles. The van der Waals surface area contributed by atoms with E-state index in [0.717, 1.165) is 0 Å². The Morgan fingerprint density at radius 1 is 1.14 bits per heavy atom. The molecule has 0 radical (unpaired) electrons. The van der Waals surface area contributed by atoms with Gasteiger partial charge in [0.15, 0.2) is 0 Å². The second-order valence-corrected chi connectivity index (χ2v) is 2.60. The van der Waals surface area contributed by atoms with Gasteiger partial charge >= 0.3 is 11.9 Å². The van der Waals surface area contributed by atoms with Crippen molar-refractivity contribution >= 4 is 11.9 Å². The minimum atomic E-state index is -0.438. The first-order chi connectivity index (χ1) is 6.70. The molecule has 0 aliphatic heterocycles. The Bertz CT molecular complexity index is 178. The molecule has 0 aliphatic rings. The van der Waals surface area contributed by atoms with Crippen molar-refractivity contribution in [3.63, 3.8) is 0 Å². The fraction of sp³-hybridized carbons (Fsp3) is 0.778. The van der Waals surface area contributed by atoms with Crippen molar-refractivity contribution in [1.29, 1.82) is 0 Å². The molecule has 1 N–H and O–H groups in total. The summed E-state index contributed by atoms with van der Waals surface area (Å²) in [5.74, 6) is -0.835. The number of aliphatic hydroxyl groups is 1. The smallest absolute Gasteiger partial charge is 0.306 e. The monoisotopic (exact) mass is 204 g/mol. The standard InChI is InChI=1S/C9H16O5/c1-2-13-8(11)4-5-9(12)14-7-3-6-10/h10H,2-7H2,1H3. The lowest BCUT2D eigenvalue weighted by atomic mass is 10.3. The average molecular weight is 204 g/mol. The third kappa shape index (κ3) is 7.54. The number of aliphatic hydroxyl groups excluding tert-OH is 1. The molecule has 0 spiro atoms. The van der Waals surface area contributed by atoms with Gasteiger partial charge in [-0.25, -0.2) is 0 Å². The summed E-state index contributed by atoms with van der Waals surface area (Å²) in [6.45, 7) is 2.21. The number of carbonyl (C=O) groups excluding carboxylic acids is 2. The van der Waals surface area contributed by atoms with Crippen molar-refractivity contribution in [2.24, 2.45) is 0 Å². The Balaban J connectivity index is 3.39. The van der Waals surface area contributed by atoms with E-state index >= 15 is 0 Å². The van der Waals surface area contributed by atoms with E-state index < -0.39 is 11.9 Å². The summed E-state index contributed by atoms with van der Waals surface area (Å²) in [6, 6.07) is 0. The number of hydrogen-bond donors (Lipinski definition) is 1. The molecule has 0 heterocycles. The Morgan fingerprint density at radius 3 is 2.21 bits per heavy atom. The fourth-order valence-corrected chi connectivity index (χ4v) is 0.760. The molecule has 0 bridgehead atoms. The fourth-order valence-electron chi connectivity index (χ4n) is 0.760. The van der Waals surface area contributed by atoms with Crippen LogP contribution in [0.25, 0.3) is 0 Å². The topological polar surface area (TPSA) is 72.8 Å². The molecule has 0 fully saturated rings. The van der Waals surface area contributed by atoms with Crippen molar-refractivity contribution < 1.29 is 24.2 Å². The third-order valence-electron chi connectivity index (χ3n) is 1.40. The Labute approximate surface area is 83.0 Å². The lowest BCUT2D eigenvalue weighted by Crippen LogP contribution is -2.11. The van der Waals surface area contributed by atoms with Crippen molar-refractivity contribution in [3.05, 3.63) is 0 Å². The van der Waals surface area contributed by atoms with Gasteiger partial charge in [-0.3, -0.25) is 9.59 Å². The Morgan fingerprint density at radius 2 is 1.71 bits per heavy atom. The largest absolute Gasteiger partial charge is 0.466 e. The lowest BCUT2D eigenvalue weighted by molar-refractivity contribution is -0.150. The zero-order valence-corrected chi connectivity index (χ0v) is 8.32. The SMILES string of the molecule is CCOC(=O)CCC(=O)OCCCO. The van der Waals surface area contributed by atoms with E-state index in [1.54, 1.807) is 6.92 Å². The molecule has 0 unspecified atom stereocenters. The van der Waals surface area contributed by atoms with E-state index in [4.69, 9.17) is 9.84 Å². The predicted molar refractivity (Wildman–Crippen MR) is 48.5 cm³/mol. The van der Waals surface area contributed by atoms with Gasteiger partial charge in [0, 0.05) is 13.0 Å². The van der Waals surface area contributed by atoms with E-state index in [1.807, 2.05) is 0 Å². The molecule has 0 rings (SSSR count). The molecular formula is C9H16O5. The van der Waals surface area contributed by atoms with Gasteiger partial charge in [0.25, 0.3) is 0 Å². The van der Waals surface area contributed by atoms with E-state index in [9.17, 15) is 9.59 Å². The highest BCUT2D eigenvalue weighted by Gasteiger charge is 2.07. The van der Waals surface area contributed by atoms with Gasteiger partial charge in [-0.1, -0.05) is 0 Å². The van der Waals surface area contributed by atoms with Gasteiger partial charge in [-0.05, 0) is 6.92 Å². The Hall–Kier alpha value is -1.10. The summed E-state index contributed by atoms with van der Waals surface area (Å²) in [5.41, 5.74) is 0. The van der Waals surface area contributed by atoms with E-state index in [2.05, 4.69) is 4.74 Å². The second kappa shape index (κ2) is 8.50. The van der Waals surface area contributed by atoms with E-state index in [1.165, 1.54) is 0 Å². The lowest BCUT2D eigenvalue weighted by Gasteiger charge is -2.03. The molecule has 5 nitrogen and oxygen atoms in total. The molecule has 0 aromatic carbocycles. The first-order valence-electron chi connectivity index (χ1n) is 4.62. The molecule has 0 aromatic rings. The van der Waals surface area contributed by atoms with E-state index in [0.29, 0.717) is 13.0 Å². The molecule has 5 heteroatoms. The number of carbonyl (C=O) groups is 2. The van der Waals surface area contributed by atoms with Crippen LogP contribution in [-0.2, 0) is 19.1 Å². The van der Waals surface area contributed by atoms with Crippen molar-refractivity contribution in [1.82, 2.24) is 0 Å².